The number of halogens is 1. The summed E-state index contributed by atoms with van der Waals surface area (Å²) in [5.41, 5.74) is 9.19. The molecule has 2 aromatic carbocycles. The van der Waals surface area contributed by atoms with Crippen LogP contribution in [-0.2, 0) is 0 Å². The number of hydrogen-bond acceptors (Lipinski definition) is 4. The number of nitrogens with two attached hydrogens (primary N) is 1. The summed E-state index contributed by atoms with van der Waals surface area (Å²) in [4.78, 5) is 0. The van der Waals surface area contributed by atoms with Crippen molar-refractivity contribution in [3.63, 3.8) is 0 Å². The van der Waals surface area contributed by atoms with Gasteiger partial charge in [0.15, 0.2) is 0 Å². The molecule has 0 amide bonds. The zero-order valence-corrected chi connectivity index (χ0v) is 12.9. The van der Waals surface area contributed by atoms with Gasteiger partial charge in [0, 0.05) is 10.0 Å². The van der Waals surface area contributed by atoms with E-state index in [2.05, 4.69) is 21.1 Å². The second kappa shape index (κ2) is 5.61. The molecule has 0 saturated heterocycles. The first kappa shape index (κ1) is 13.7. The average Bonchev–Trinajstić information content (AvgIpc) is 2.90. The van der Waals surface area contributed by atoms with Crippen LogP contribution in [0.2, 0.25) is 0 Å². The molecule has 0 bridgehead atoms. The number of benzene rings is 2. The second-order valence-electron chi connectivity index (χ2n) is 4.48. The van der Waals surface area contributed by atoms with E-state index < -0.39 is 0 Å². The predicted octanol–water partition coefficient (Wildman–Crippen LogP) is 4.36. The molecule has 0 atom stereocenters. The number of nitrogens with zero attached hydrogens (tertiary/aromatic N) is 1. The Labute approximate surface area is 130 Å². The molecule has 0 fully saturated rings. The minimum absolute atomic E-state index is 0.290. The highest BCUT2D eigenvalue weighted by atomic mass is 79.9. The molecule has 0 aliphatic carbocycles. The molecule has 2 N–H and O–H groups in total. The normalized spacial score (nSPS) is 10.6. The summed E-state index contributed by atoms with van der Waals surface area (Å²) in [5.74, 6) is 1.02. The van der Waals surface area contributed by atoms with Gasteiger partial charge in [-0.2, -0.15) is 0 Å². The first-order valence-corrected chi connectivity index (χ1v) is 7.14. The van der Waals surface area contributed by atoms with Crippen molar-refractivity contribution in [2.45, 2.75) is 0 Å². The Balaban J connectivity index is 2.19. The van der Waals surface area contributed by atoms with Crippen molar-refractivity contribution in [3.8, 4) is 28.1 Å². The van der Waals surface area contributed by atoms with Crippen LogP contribution in [0.25, 0.3) is 22.4 Å². The molecule has 0 saturated carbocycles. The lowest BCUT2D eigenvalue weighted by Crippen LogP contribution is -1.91. The Morgan fingerprint density at radius 1 is 1.10 bits per heavy atom. The monoisotopic (exact) mass is 344 g/mol. The topological polar surface area (TPSA) is 61.3 Å². The number of nitrogen functional groups attached to an aromatic ring is 1. The molecular weight excluding hydrogens is 332 g/mol. The molecule has 4 nitrogen and oxygen atoms in total. The predicted molar refractivity (Wildman–Crippen MR) is 86.0 cm³/mol. The van der Waals surface area contributed by atoms with Crippen molar-refractivity contribution in [2.75, 3.05) is 12.8 Å². The number of para-hydroxylation sites is 1. The summed E-state index contributed by atoms with van der Waals surface area (Å²) in [7, 11) is 1.63. The number of aromatic nitrogens is 1. The van der Waals surface area contributed by atoms with Crippen LogP contribution in [0.4, 0.5) is 5.88 Å². The lowest BCUT2D eigenvalue weighted by atomic mass is 10.0. The van der Waals surface area contributed by atoms with Crippen molar-refractivity contribution in [3.05, 3.63) is 53.0 Å². The van der Waals surface area contributed by atoms with Gasteiger partial charge in [-0.05, 0) is 29.8 Å². The maximum Gasteiger partial charge on any atom is 0.230 e. The first-order chi connectivity index (χ1) is 10.2. The summed E-state index contributed by atoms with van der Waals surface area (Å²) < 4.78 is 11.6. The van der Waals surface area contributed by atoms with Crippen LogP contribution >= 0.6 is 15.9 Å². The van der Waals surface area contributed by atoms with Gasteiger partial charge in [0.05, 0.1) is 12.7 Å². The number of hydrogen-bond donors (Lipinski definition) is 1. The van der Waals surface area contributed by atoms with E-state index in [0.29, 0.717) is 11.6 Å². The molecule has 0 aliphatic heterocycles. The van der Waals surface area contributed by atoms with Crippen LogP contribution in [-0.4, -0.2) is 12.3 Å². The van der Waals surface area contributed by atoms with Crippen molar-refractivity contribution >= 4 is 21.8 Å². The number of methoxy groups -OCH3 is 1. The Morgan fingerprint density at radius 3 is 2.52 bits per heavy atom. The molecule has 1 heterocycles. The van der Waals surface area contributed by atoms with Gasteiger partial charge >= 0.3 is 0 Å². The van der Waals surface area contributed by atoms with E-state index >= 15 is 0 Å². The van der Waals surface area contributed by atoms with Gasteiger partial charge in [0.1, 0.15) is 11.4 Å². The average molecular weight is 345 g/mol. The van der Waals surface area contributed by atoms with E-state index in [1.807, 2.05) is 48.5 Å². The van der Waals surface area contributed by atoms with Gasteiger partial charge in [0.2, 0.25) is 5.88 Å². The second-order valence-corrected chi connectivity index (χ2v) is 5.39. The third-order valence-electron chi connectivity index (χ3n) is 3.21. The minimum atomic E-state index is 0.290. The van der Waals surface area contributed by atoms with E-state index in [9.17, 15) is 0 Å². The fraction of sp³-hybridized carbons (Fsp3) is 0.0625. The van der Waals surface area contributed by atoms with E-state index in [1.165, 1.54) is 0 Å². The SMILES string of the molecule is COc1ccccc1-c1noc(N)c1-c1ccc(Br)cc1. The zero-order chi connectivity index (χ0) is 14.8. The molecule has 21 heavy (non-hydrogen) atoms. The Hall–Kier alpha value is -2.27. The molecule has 1 aromatic heterocycles. The fourth-order valence-electron chi connectivity index (χ4n) is 2.22. The largest absolute Gasteiger partial charge is 0.496 e. The fourth-order valence-corrected chi connectivity index (χ4v) is 2.49. The summed E-state index contributed by atoms with van der Waals surface area (Å²) in [6.07, 6.45) is 0. The molecule has 3 aromatic rings. The Morgan fingerprint density at radius 2 is 1.81 bits per heavy atom. The standard InChI is InChI=1S/C16H13BrN2O2/c1-20-13-5-3-2-4-12(13)15-14(16(18)21-19-15)10-6-8-11(17)9-7-10/h2-9H,18H2,1H3. The van der Waals surface area contributed by atoms with Gasteiger partial charge in [-0.15, -0.1) is 0 Å². The highest BCUT2D eigenvalue weighted by Gasteiger charge is 2.19. The lowest BCUT2D eigenvalue weighted by molar-refractivity contribution is 0.414. The maximum absolute atomic E-state index is 5.96. The smallest absolute Gasteiger partial charge is 0.230 e. The first-order valence-electron chi connectivity index (χ1n) is 6.35. The van der Waals surface area contributed by atoms with Crippen LogP contribution < -0.4 is 10.5 Å². The van der Waals surface area contributed by atoms with E-state index in [-0.39, 0.29) is 0 Å². The zero-order valence-electron chi connectivity index (χ0n) is 11.3. The van der Waals surface area contributed by atoms with E-state index in [4.69, 9.17) is 15.0 Å². The van der Waals surface area contributed by atoms with Crippen molar-refractivity contribution < 1.29 is 9.26 Å². The molecule has 0 unspecified atom stereocenters. The van der Waals surface area contributed by atoms with Crippen LogP contribution in [0.1, 0.15) is 0 Å². The molecule has 3 rings (SSSR count). The summed E-state index contributed by atoms with van der Waals surface area (Å²) in [6.45, 7) is 0. The lowest BCUT2D eigenvalue weighted by Gasteiger charge is -2.07. The third-order valence-corrected chi connectivity index (χ3v) is 3.74. The number of anilines is 1. The van der Waals surface area contributed by atoms with Gasteiger partial charge < -0.3 is 15.0 Å². The molecule has 5 heteroatoms. The van der Waals surface area contributed by atoms with Gasteiger partial charge in [-0.3, -0.25) is 0 Å². The minimum Gasteiger partial charge on any atom is -0.496 e. The van der Waals surface area contributed by atoms with Crippen molar-refractivity contribution in [1.82, 2.24) is 5.16 Å². The summed E-state index contributed by atoms with van der Waals surface area (Å²) in [6, 6.07) is 15.5. The van der Waals surface area contributed by atoms with E-state index in [0.717, 1.165) is 26.9 Å². The van der Waals surface area contributed by atoms with Gasteiger partial charge in [-0.25, -0.2) is 0 Å². The highest BCUT2D eigenvalue weighted by molar-refractivity contribution is 9.10. The summed E-state index contributed by atoms with van der Waals surface area (Å²) >= 11 is 3.42. The Bertz CT molecular complexity index is 766. The Kier molecular flexibility index (Phi) is 3.66. The van der Waals surface area contributed by atoms with Crippen LogP contribution in [0, 0.1) is 0 Å². The van der Waals surface area contributed by atoms with Crippen LogP contribution in [0.15, 0.2) is 57.5 Å². The van der Waals surface area contributed by atoms with Crippen LogP contribution in [0.5, 0.6) is 5.75 Å². The van der Waals surface area contributed by atoms with Gasteiger partial charge in [0.25, 0.3) is 0 Å². The molecule has 106 valence electrons. The highest BCUT2D eigenvalue weighted by Crippen LogP contribution is 2.39. The maximum atomic E-state index is 5.96. The van der Waals surface area contributed by atoms with E-state index in [1.54, 1.807) is 7.11 Å². The van der Waals surface area contributed by atoms with Crippen molar-refractivity contribution in [2.24, 2.45) is 0 Å². The molecule has 0 aliphatic rings. The summed E-state index contributed by atoms with van der Waals surface area (Å²) in [5, 5.41) is 4.10. The number of rotatable bonds is 3. The quantitative estimate of drug-likeness (QED) is 0.766. The van der Waals surface area contributed by atoms with Crippen molar-refractivity contribution in [1.29, 1.82) is 0 Å². The van der Waals surface area contributed by atoms with Gasteiger partial charge in [-0.1, -0.05) is 45.4 Å². The number of ether oxygens (including phenoxy) is 1. The third kappa shape index (κ3) is 2.52. The van der Waals surface area contributed by atoms with Crippen LogP contribution in [0.3, 0.4) is 0 Å². The molecule has 0 spiro atoms. The molecule has 0 radical (unpaired) electrons. The molecular formula is C16H13BrN2O2.